The average Bonchev–Trinajstić information content (AvgIpc) is 2.83. The summed E-state index contributed by atoms with van der Waals surface area (Å²) in [7, 11) is 0. The fraction of sp³-hybridized carbons (Fsp3) is 0.750. The lowest BCUT2D eigenvalue weighted by Gasteiger charge is -2.20. The summed E-state index contributed by atoms with van der Waals surface area (Å²) in [5, 5.41) is 3.49. The van der Waals surface area contributed by atoms with E-state index >= 15 is 0 Å². The van der Waals surface area contributed by atoms with Gasteiger partial charge in [-0.2, -0.15) is 0 Å². The van der Waals surface area contributed by atoms with E-state index in [9.17, 15) is 4.79 Å². The standard InChI is InChI=1S/C12H17NO2/c14-10-4-3-9(7-10)13-11-5-6-15-12(11)8-1-2-8/h7-8,11-13H,1-6H2. The van der Waals surface area contributed by atoms with Crippen molar-refractivity contribution < 1.29 is 9.53 Å². The number of carbonyl (C=O) groups is 1. The Morgan fingerprint density at radius 3 is 2.80 bits per heavy atom. The third-order valence-electron chi connectivity index (χ3n) is 3.57. The molecule has 3 nitrogen and oxygen atoms in total. The van der Waals surface area contributed by atoms with Crippen molar-refractivity contribution in [1.29, 1.82) is 0 Å². The second-order valence-electron chi connectivity index (χ2n) is 4.85. The van der Waals surface area contributed by atoms with Gasteiger partial charge in [0.1, 0.15) is 0 Å². The summed E-state index contributed by atoms with van der Waals surface area (Å²) in [5.74, 6) is 1.04. The lowest BCUT2D eigenvalue weighted by atomic mass is 10.1. The van der Waals surface area contributed by atoms with E-state index in [1.807, 2.05) is 0 Å². The molecule has 1 saturated heterocycles. The fourth-order valence-electron chi connectivity index (χ4n) is 2.60. The molecule has 3 heteroatoms. The van der Waals surface area contributed by atoms with Crippen LogP contribution in [-0.4, -0.2) is 24.5 Å². The fourth-order valence-corrected chi connectivity index (χ4v) is 2.60. The van der Waals surface area contributed by atoms with E-state index in [4.69, 9.17) is 4.74 Å². The largest absolute Gasteiger partial charge is 0.383 e. The first-order valence-corrected chi connectivity index (χ1v) is 5.94. The van der Waals surface area contributed by atoms with Crippen molar-refractivity contribution in [2.75, 3.05) is 6.61 Å². The molecule has 0 bridgehead atoms. The van der Waals surface area contributed by atoms with Gasteiger partial charge in [-0.15, -0.1) is 0 Å². The van der Waals surface area contributed by atoms with Crippen LogP contribution in [0.4, 0.5) is 0 Å². The minimum Gasteiger partial charge on any atom is -0.383 e. The molecular weight excluding hydrogens is 190 g/mol. The number of carbonyl (C=O) groups excluding carboxylic acids is 1. The van der Waals surface area contributed by atoms with E-state index < -0.39 is 0 Å². The van der Waals surface area contributed by atoms with Crippen molar-refractivity contribution in [3.05, 3.63) is 11.8 Å². The number of hydrogen-bond acceptors (Lipinski definition) is 3. The van der Waals surface area contributed by atoms with Gasteiger partial charge in [0, 0.05) is 24.8 Å². The molecule has 0 aromatic rings. The summed E-state index contributed by atoms with van der Waals surface area (Å²) in [4.78, 5) is 11.1. The van der Waals surface area contributed by atoms with Crippen molar-refractivity contribution in [2.45, 2.75) is 44.2 Å². The first-order chi connectivity index (χ1) is 7.33. The molecule has 2 unspecified atom stereocenters. The van der Waals surface area contributed by atoms with Crippen molar-refractivity contribution in [1.82, 2.24) is 5.32 Å². The predicted octanol–water partition coefficient (Wildman–Crippen LogP) is 1.39. The van der Waals surface area contributed by atoms with Gasteiger partial charge in [-0.05, 0) is 31.6 Å². The molecule has 0 aromatic heterocycles. The molecule has 82 valence electrons. The Morgan fingerprint density at radius 2 is 2.13 bits per heavy atom. The summed E-state index contributed by atoms with van der Waals surface area (Å²) in [6, 6.07) is 0.453. The zero-order valence-corrected chi connectivity index (χ0v) is 8.87. The Hall–Kier alpha value is -0.830. The van der Waals surface area contributed by atoms with Crippen molar-refractivity contribution >= 4 is 5.78 Å². The molecule has 0 amide bonds. The quantitative estimate of drug-likeness (QED) is 0.760. The molecule has 2 atom stereocenters. The number of ether oxygens (including phenoxy) is 1. The lowest BCUT2D eigenvalue weighted by Crippen LogP contribution is -2.36. The van der Waals surface area contributed by atoms with Gasteiger partial charge in [-0.25, -0.2) is 0 Å². The van der Waals surface area contributed by atoms with E-state index in [0.717, 1.165) is 31.1 Å². The van der Waals surface area contributed by atoms with E-state index in [0.29, 0.717) is 18.6 Å². The first-order valence-electron chi connectivity index (χ1n) is 5.94. The summed E-state index contributed by atoms with van der Waals surface area (Å²) in [6.45, 7) is 0.875. The molecule has 1 heterocycles. The molecule has 3 rings (SSSR count). The second-order valence-corrected chi connectivity index (χ2v) is 4.85. The molecule has 0 aromatic carbocycles. The first kappa shape index (κ1) is 9.40. The van der Waals surface area contributed by atoms with Crippen LogP contribution in [0.2, 0.25) is 0 Å². The van der Waals surface area contributed by atoms with E-state index in [2.05, 4.69) is 5.32 Å². The molecule has 2 aliphatic carbocycles. The highest BCUT2D eigenvalue weighted by Crippen LogP contribution is 2.39. The van der Waals surface area contributed by atoms with Gasteiger partial charge < -0.3 is 10.1 Å². The molecule has 1 N–H and O–H groups in total. The normalized spacial score (nSPS) is 35.7. The Bertz CT molecular complexity index is 307. The molecule has 2 fully saturated rings. The predicted molar refractivity (Wildman–Crippen MR) is 56.3 cm³/mol. The van der Waals surface area contributed by atoms with Gasteiger partial charge in [0.05, 0.1) is 12.1 Å². The van der Waals surface area contributed by atoms with Gasteiger partial charge >= 0.3 is 0 Å². The van der Waals surface area contributed by atoms with Crippen LogP contribution in [0.25, 0.3) is 0 Å². The number of hydrogen-bond donors (Lipinski definition) is 1. The van der Waals surface area contributed by atoms with Crippen LogP contribution < -0.4 is 5.32 Å². The SMILES string of the molecule is O=C1C=C(NC2CCOC2C2CC2)CC1. The van der Waals surface area contributed by atoms with E-state index in [1.165, 1.54) is 12.8 Å². The highest BCUT2D eigenvalue weighted by atomic mass is 16.5. The third-order valence-corrected chi connectivity index (χ3v) is 3.57. The van der Waals surface area contributed by atoms with Crippen molar-refractivity contribution in [3.8, 4) is 0 Å². The number of nitrogens with one attached hydrogen (secondary N) is 1. The molecule has 1 aliphatic heterocycles. The van der Waals surface area contributed by atoms with Gasteiger partial charge in [-0.1, -0.05) is 0 Å². The van der Waals surface area contributed by atoms with Crippen molar-refractivity contribution in [2.24, 2.45) is 5.92 Å². The van der Waals surface area contributed by atoms with E-state index in [-0.39, 0.29) is 5.78 Å². The molecule has 15 heavy (non-hydrogen) atoms. The maximum Gasteiger partial charge on any atom is 0.157 e. The van der Waals surface area contributed by atoms with Gasteiger partial charge in [0.2, 0.25) is 0 Å². The molecule has 0 spiro atoms. The minimum absolute atomic E-state index is 0.263. The number of ketones is 1. The molecule has 0 radical (unpaired) electrons. The topological polar surface area (TPSA) is 38.3 Å². The summed E-state index contributed by atoms with van der Waals surface area (Å²) in [6.07, 6.45) is 7.48. The Balaban J connectivity index is 1.62. The maximum absolute atomic E-state index is 11.1. The smallest absolute Gasteiger partial charge is 0.157 e. The van der Waals surface area contributed by atoms with Crippen molar-refractivity contribution in [3.63, 3.8) is 0 Å². The van der Waals surface area contributed by atoms with Crippen LogP contribution in [0.15, 0.2) is 11.8 Å². The van der Waals surface area contributed by atoms with Crippen LogP contribution in [0.1, 0.15) is 32.1 Å². The van der Waals surface area contributed by atoms with Crippen LogP contribution in [-0.2, 0) is 9.53 Å². The average molecular weight is 207 g/mol. The van der Waals surface area contributed by atoms with Crippen LogP contribution in [0.3, 0.4) is 0 Å². The van der Waals surface area contributed by atoms with Crippen LogP contribution in [0.5, 0.6) is 0 Å². The Labute approximate surface area is 89.9 Å². The van der Waals surface area contributed by atoms with Crippen LogP contribution in [0, 0.1) is 5.92 Å². The van der Waals surface area contributed by atoms with Gasteiger partial charge in [-0.3, -0.25) is 4.79 Å². The molecular formula is C12H17NO2. The summed E-state index contributed by atoms with van der Waals surface area (Å²) < 4.78 is 5.75. The van der Waals surface area contributed by atoms with Gasteiger partial charge in [0.15, 0.2) is 5.78 Å². The second kappa shape index (κ2) is 3.63. The molecule has 1 saturated carbocycles. The third kappa shape index (κ3) is 1.93. The lowest BCUT2D eigenvalue weighted by molar-refractivity contribution is -0.114. The monoisotopic (exact) mass is 207 g/mol. The Morgan fingerprint density at radius 1 is 1.27 bits per heavy atom. The highest BCUT2D eigenvalue weighted by Gasteiger charge is 2.40. The van der Waals surface area contributed by atoms with E-state index in [1.54, 1.807) is 6.08 Å². The maximum atomic E-state index is 11.1. The number of allylic oxidation sites excluding steroid dienone is 2. The molecule has 3 aliphatic rings. The zero-order valence-electron chi connectivity index (χ0n) is 8.87. The van der Waals surface area contributed by atoms with Crippen LogP contribution >= 0.6 is 0 Å². The number of rotatable bonds is 3. The highest BCUT2D eigenvalue weighted by molar-refractivity contribution is 5.92. The van der Waals surface area contributed by atoms with Gasteiger partial charge in [0.25, 0.3) is 0 Å². The Kier molecular flexibility index (Phi) is 2.28. The summed E-state index contributed by atoms with van der Waals surface area (Å²) >= 11 is 0. The zero-order chi connectivity index (χ0) is 10.3. The minimum atomic E-state index is 0.263. The summed E-state index contributed by atoms with van der Waals surface area (Å²) in [5.41, 5.74) is 1.13.